The van der Waals surface area contributed by atoms with E-state index in [1.54, 1.807) is 0 Å². The first kappa shape index (κ1) is 7.96. The average Bonchev–Trinajstić information content (AvgIpc) is 1.87. The Kier molecular flexibility index (Phi) is 3.06. The van der Waals surface area contributed by atoms with Gasteiger partial charge in [0, 0.05) is 0 Å². The molecule has 1 radical (unpaired) electrons. The molecule has 0 saturated heterocycles. The molecule has 0 fully saturated rings. The molecule has 1 N–H and O–H groups in total. The Balaban J connectivity index is 3.58. The van der Waals surface area contributed by atoms with Gasteiger partial charge in [0.2, 0.25) is 0 Å². The van der Waals surface area contributed by atoms with Gasteiger partial charge in [0.15, 0.2) is 0 Å². The first-order valence-corrected chi connectivity index (χ1v) is 3.17. The zero-order valence-corrected chi connectivity index (χ0v) is 5.94. The van der Waals surface area contributed by atoms with Gasteiger partial charge >= 0.3 is 0 Å². The minimum Gasteiger partial charge on any atom is -0.390 e. The van der Waals surface area contributed by atoms with Gasteiger partial charge in [-0.2, -0.15) is 0 Å². The number of hydrogen-bond donors (Lipinski definition) is 1. The van der Waals surface area contributed by atoms with Gasteiger partial charge in [-0.15, -0.1) is 0 Å². The van der Waals surface area contributed by atoms with E-state index in [0.717, 1.165) is 12.8 Å². The summed E-state index contributed by atoms with van der Waals surface area (Å²) in [6, 6.07) is 0. The predicted molar refractivity (Wildman–Crippen MR) is 34.9 cm³/mol. The molecule has 0 aromatic heterocycles. The van der Waals surface area contributed by atoms with Crippen molar-refractivity contribution in [3.63, 3.8) is 0 Å². The standard InChI is InChI=1S/C7H15O/c1-4-7(3,5-2)6-8/h6,8H,4-5H2,1-3H3. The molecule has 0 amide bonds. The van der Waals surface area contributed by atoms with Crippen LogP contribution in [0.2, 0.25) is 0 Å². The zero-order valence-electron chi connectivity index (χ0n) is 5.94. The first-order valence-electron chi connectivity index (χ1n) is 3.17. The van der Waals surface area contributed by atoms with Gasteiger partial charge in [-0.25, -0.2) is 0 Å². The molecule has 0 unspecified atom stereocenters. The van der Waals surface area contributed by atoms with Gasteiger partial charge in [0.05, 0.1) is 6.61 Å². The van der Waals surface area contributed by atoms with Crippen molar-refractivity contribution >= 4 is 0 Å². The van der Waals surface area contributed by atoms with Crippen molar-refractivity contribution < 1.29 is 5.11 Å². The van der Waals surface area contributed by atoms with E-state index in [1.165, 1.54) is 6.61 Å². The SMILES string of the molecule is CCC(C)([CH]O)CC. The van der Waals surface area contributed by atoms with E-state index in [-0.39, 0.29) is 5.41 Å². The Bertz CT molecular complexity index is 47.1. The average molecular weight is 115 g/mol. The second kappa shape index (κ2) is 3.08. The molecule has 0 aliphatic rings. The smallest absolute Gasteiger partial charge is 0.0857 e. The number of hydrogen-bond acceptors (Lipinski definition) is 1. The molecule has 8 heavy (non-hydrogen) atoms. The molecule has 1 heteroatoms. The van der Waals surface area contributed by atoms with Gasteiger partial charge in [-0.05, 0) is 18.3 Å². The molecule has 0 atom stereocenters. The van der Waals surface area contributed by atoms with Gasteiger partial charge in [0.1, 0.15) is 0 Å². The van der Waals surface area contributed by atoms with Crippen LogP contribution in [-0.2, 0) is 0 Å². The number of aliphatic hydroxyl groups excluding tert-OH is 1. The molecule has 0 heterocycles. The molecular formula is C7H15O. The van der Waals surface area contributed by atoms with Crippen LogP contribution in [0.15, 0.2) is 0 Å². The minimum absolute atomic E-state index is 0.0556. The third-order valence-electron chi connectivity index (χ3n) is 1.93. The van der Waals surface area contributed by atoms with Gasteiger partial charge in [-0.1, -0.05) is 20.8 Å². The van der Waals surface area contributed by atoms with Crippen molar-refractivity contribution in [3.8, 4) is 0 Å². The van der Waals surface area contributed by atoms with E-state index in [9.17, 15) is 0 Å². The molecule has 0 aliphatic heterocycles. The summed E-state index contributed by atoms with van der Waals surface area (Å²) in [6.07, 6.45) is 2.03. The van der Waals surface area contributed by atoms with Crippen LogP contribution < -0.4 is 0 Å². The van der Waals surface area contributed by atoms with Crippen molar-refractivity contribution in [1.29, 1.82) is 0 Å². The molecule has 0 aliphatic carbocycles. The Labute approximate surface area is 51.7 Å². The molecule has 49 valence electrons. The van der Waals surface area contributed by atoms with Crippen LogP contribution in [0.3, 0.4) is 0 Å². The fraction of sp³-hybridized carbons (Fsp3) is 0.857. The van der Waals surface area contributed by atoms with E-state index in [2.05, 4.69) is 13.8 Å². The van der Waals surface area contributed by atoms with Crippen molar-refractivity contribution in [1.82, 2.24) is 0 Å². The van der Waals surface area contributed by atoms with E-state index in [1.807, 2.05) is 6.92 Å². The summed E-state index contributed by atoms with van der Waals surface area (Å²) in [5.41, 5.74) is 0.0556. The highest BCUT2D eigenvalue weighted by Crippen LogP contribution is 2.26. The highest BCUT2D eigenvalue weighted by Gasteiger charge is 2.17. The normalized spacial score (nSPS) is 12.0. The predicted octanol–water partition coefficient (Wildman–Crippen LogP) is 2.35. The largest absolute Gasteiger partial charge is 0.390 e. The quantitative estimate of drug-likeness (QED) is 0.598. The van der Waals surface area contributed by atoms with Gasteiger partial charge in [-0.3, -0.25) is 0 Å². The first-order chi connectivity index (χ1) is 3.68. The molecular weight excluding hydrogens is 100 g/mol. The van der Waals surface area contributed by atoms with Crippen molar-refractivity contribution in [2.45, 2.75) is 33.6 Å². The molecule has 0 spiro atoms. The van der Waals surface area contributed by atoms with Gasteiger partial charge in [0.25, 0.3) is 0 Å². The maximum Gasteiger partial charge on any atom is 0.0857 e. The summed E-state index contributed by atoms with van der Waals surface area (Å²) in [4.78, 5) is 0. The summed E-state index contributed by atoms with van der Waals surface area (Å²) in [5, 5.41) is 8.66. The molecule has 0 rings (SSSR count). The van der Waals surface area contributed by atoms with Crippen LogP contribution >= 0.6 is 0 Å². The van der Waals surface area contributed by atoms with E-state index < -0.39 is 0 Å². The summed E-state index contributed by atoms with van der Waals surface area (Å²) in [5.74, 6) is 0. The number of aliphatic hydroxyl groups is 1. The van der Waals surface area contributed by atoms with E-state index >= 15 is 0 Å². The molecule has 0 aromatic carbocycles. The lowest BCUT2D eigenvalue weighted by Crippen LogP contribution is -2.13. The third kappa shape index (κ3) is 1.83. The monoisotopic (exact) mass is 115 g/mol. The second-order valence-corrected chi connectivity index (χ2v) is 2.49. The van der Waals surface area contributed by atoms with Crippen LogP contribution in [0.25, 0.3) is 0 Å². The van der Waals surface area contributed by atoms with Crippen LogP contribution in [0, 0.1) is 12.0 Å². The highest BCUT2D eigenvalue weighted by molar-refractivity contribution is 4.77. The van der Waals surface area contributed by atoms with Crippen molar-refractivity contribution in [3.05, 3.63) is 6.61 Å². The lowest BCUT2D eigenvalue weighted by molar-refractivity contribution is 0.210. The molecule has 1 nitrogen and oxygen atoms in total. The Morgan fingerprint density at radius 2 is 1.75 bits per heavy atom. The maximum absolute atomic E-state index is 8.66. The minimum atomic E-state index is 0.0556. The maximum atomic E-state index is 8.66. The van der Waals surface area contributed by atoms with Crippen LogP contribution in [0.4, 0.5) is 0 Å². The Hall–Kier alpha value is -0.0400. The topological polar surface area (TPSA) is 20.2 Å². The second-order valence-electron chi connectivity index (χ2n) is 2.49. The summed E-state index contributed by atoms with van der Waals surface area (Å²) >= 11 is 0. The zero-order chi connectivity index (χ0) is 6.62. The summed E-state index contributed by atoms with van der Waals surface area (Å²) < 4.78 is 0. The van der Waals surface area contributed by atoms with E-state index in [4.69, 9.17) is 5.11 Å². The summed E-state index contributed by atoms with van der Waals surface area (Å²) in [6.45, 7) is 7.51. The molecule has 0 saturated carbocycles. The lowest BCUT2D eigenvalue weighted by Gasteiger charge is -2.21. The third-order valence-corrected chi connectivity index (χ3v) is 1.93. The fourth-order valence-electron chi connectivity index (χ4n) is 0.433. The fourth-order valence-corrected chi connectivity index (χ4v) is 0.433. The van der Waals surface area contributed by atoms with Crippen molar-refractivity contribution in [2.24, 2.45) is 5.41 Å². The Morgan fingerprint density at radius 1 is 1.38 bits per heavy atom. The van der Waals surface area contributed by atoms with Crippen LogP contribution in [0.1, 0.15) is 33.6 Å². The van der Waals surface area contributed by atoms with E-state index in [0.29, 0.717) is 0 Å². The summed E-state index contributed by atoms with van der Waals surface area (Å²) in [7, 11) is 0. The lowest BCUT2D eigenvalue weighted by atomic mass is 9.86. The number of rotatable bonds is 3. The molecule has 0 bridgehead atoms. The van der Waals surface area contributed by atoms with Crippen LogP contribution in [0.5, 0.6) is 0 Å². The molecule has 0 aromatic rings. The Morgan fingerprint density at radius 3 is 1.75 bits per heavy atom. The van der Waals surface area contributed by atoms with Crippen LogP contribution in [-0.4, -0.2) is 5.11 Å². The van der Waals surface area contributed by atoms with Crippen molar-refractivity contribution in [2.75, 3.05) is 0 Å². The highest BCUT2D eigenvalue weighted by atomic mass is 16.3. The van der Waals surface area contributed by atoms with Gasteiger partial charge < -0.3 is 5.11 Å².